The van der Waals surface area contributed by atoms with Gasteiger partial charge in [-0.25, -0.2) is 4.79 Å². The Morgan fingerprint density at radius 1 is 1.35 bits per heavy atom. The average Bonchev–Trinajstić information content (AvgIpc) is 2.71. The van der Waals surface area contributed by atoms with Crippen LogP contribution in [0.3, 0.4) is 0 Å². The first-order valence-corrected chi connectivity index (χ1v) is 5.35. The quantitative estimate of drug-likeness (QED) is 0.588. The maximum atomic E-state index is 11.6. The Kier molecular flexibility index (Phi) is 4.25. The molecular formula is C11H17NO5. The number of aliphatic carboxylic acids is 1. The lowest BCUT2D eigenvalue weighted by atomic mass is 10.0. The van der Waals surface area contributed by atoms with Crippen molar-refractivity contribution in [2.75, 3.05) is 19.8 Å². The van der Waals surface area contributed by atoms with Gasteiger partial charge in [0, 0.05) is 30.7 Å². The van der Waals surface area contributed by atoms with Gasteiger partial charge in [-0.1, -0.05) is 0 Å². The number of rotatable bonds is 4. The van der Waals surface area contributed by atoms with E-state index in [1.807, 2.05) is 0 Å². The molecule has 96 valence electrons. The van der Waals surface area contributed by atoms with Gasteiger partial charge in [0.25, 0.3) is 0 Å². The summed E-state index contributed by atoms with van der Waals surface area (Å²) in [6.07, 6.45) is 0.466. The van der Waals surface area contributed by atoms with E-state index in [1.165, 1.54) is 13.8 Å². The second-order valence-electron chi connectivity index (χ2n) is 4.26. The molecule has 0 saturated carbocycles. The van der Waals surface area contributed by atoms with Gasteiger partial charge in [0.2, 0.25) is 5.91 Å². The second kappa shape index (κ2) is 5.29. The third-order valence-electron chi connectivity index (χ3n) is 2.88. The van der Waals surface area contributed by atoms with Crippen molar-refractivity contribution in [3.05, 3.63) is 11.1 Å². The predicted molar refractivity (Wildman–Crippen MR) is 59.4 cm³/mol. The lowest BCUT2D eigenvalue weighted by Gasteiger charge is -2.20. The fourth-order valence-corrected chi connectivity index (χ4v) is 1.44. The van der Waals surface area contributed by atoms with E-state index in [9.17, 15) is 14.7 Å². The summed E-state index contributed by atoms with van der Waals surface area (Å²) in [5.41, 5.74) is -0.898. The fourth-order valence-electron chi connectivity index (χ4n) is 1.44. The molecule has 0 aromatic rings. The molecule has 0 spiro atoms. The summed E-state index contributed by atoms with van der Waals surface area (Å²) < 4.78 is 5.03. The summed E-state index contributed by atoms with van der Waals surface area (Å²) in [6, 6.07) is 0. The van der Waals surface area contributed by atoms with Crippen LogP contribution in [0, 0.1) is 0 Å². The van der Waals surface area contributed by atoms with Crippen molar-refractivity contribution in [1.82, 2.24) is 5.32 Å². The van der Waals surface area contributed by atoms with Crippen LogP contribution >= 0.6 is 0 Å². The topological polar surface area (TPSA) is 95.9 Å². The zero-order valence-corrected chi connectivity index (χ0v) is 9.95. The van der Waals surface area contributed by atoms with Crippen molar-refractivity contribution < 1.29 is 24.5 Å². The van der Waals surface area contributed by atoms with E-state index in [0.29, 0.717) is 13.0 Å². The Morgan fingerprint density at radius 2 is 2.00 bits per heavy atom. The third-order valence-corrected chi connectivity index (χ3v) is 2.88. The van der Waals surface area contributed by atoms with Crippen molar-refractivity contribution in [1.29, 1.82) is 0 Å². The maximum absolute atomic E-state index is 11.6. The molecule has 1 saturated heterocycles. The molecular weight excluding hydrogens is 226 g/mol. The Bertz CT molecular complexity index is 355. The van der Waals surface area contributed by atoms with Gasteiger partial charge in [0.05, 0.1) is 6.61 Å². The summed E-state index contributed by atoms with van der Waals surface area (Å²) >= 11 is 0. The van der Waals surface area contributed by atoms with Crippen LogP contribution in [0.5, 0.6) is 0 Å². The number of carboxylic acids is 1. The van der Waals surface area contributed by atoms with Gasteiger partial charge in [0.15, 0.2) is 0 Å². The van der Waals surface area contributed by atoms with Crippen LogP contribution in [0.15, 0.2) is 11.1 Å². The summed E-state index contributed by atoms with van der Waals surface area (Å²) in [4.78, 5) is 22.3. The van der Waals surface area contributed by atoms with Crippen molar-refractivity contribution in [2.24, 2.45) is 0 Å². The molecule has 1 atom stereocenters. The third kappa shape index (κ3) is 3.54. The Morgan fingerprint density at radius 3 is 2.47 bits per heavy atom. The zero-order chi connectivity index (χ0) is 13.1. The normalized spacial score (nSPS) is 25.4. The molecule has 1 fully saturated rings. The molecule has 1 aliphatic rings. The Hall–Kier alpha value is -1.40. The highest BCUT2D eigenvalue weighted by Crippen LogP contribution is 2.17. The minimum atomic E-state index is -1.12. The van der Waals surface area contributed by atoms with Crippen LogP contribution in [0.1, 0.15) is 20.3 Å². The van der Waals surface area contributed by atoms with Gasteiger partial charge in [0.1, 0.15) is 5.60 Å². The van der Waals surface area contributed by atoms with Crippen LogP contribution in [-0.2, 0) is 14.3 Å². The molecule has 17 heavy (non-hydrogen) atoms. The first kappa shape index (κ1) is 13.7. The molecule has 0 aromatic heterocycles. The standard InChI is InChI=1S/C11H17NO5/c1-7(8(2)10(14)15)9(13)12-5-11(16)3-4-17-6-11/h16H,3-6H2,1-2H3,(H,12,13)(H,14,15). The number of carboxylic acid groups (broad SMARTS) is 1. The highest BCUT2D eigenvalue weighted by molar-refractivity contribution is 6.01. The maximum Gasteiger partial charge on any atom is 0.331 e. The number of ether oxygens (including phenoxy) is 1. The van der Waals surface area contributed by atoms with Gasteiger partial charge < -0.3 is 20.3 Å². The monoisotopic (exact) mass is 243 g/mol. The molecule has 0 radical (unpaired) electrons. The van der Waals surface area contributed by atoms with Gasteiger partial charge in [-0.05, 0) is 13.8 Å². The van der Waals surface area contributed by atoms with Gasteiger partial charge in [-0.2, -0.15) is 0 Å². The number of aliphatic hydroxyl groups is 1. The molecule has 1 rings (SSSR count). The molecule has 3 N–H and O–H groups in total. The molecule has 1 unspecified atom stereocenters. The zero-order valence-electron chi connectivity index (χ0n) is 9.95. The van der Waals surface area contributed by atoms with Crippen molar-refractivity contribution in [3.8, 4) is 0 Å². The molecule has 6 nitrogen and oxygen atoms in total. The van der Waals surface area contributed by atoms with Crippen LogP contribution in [-0.4, -0.2) is 47.4 Å². The van der Waals surface area contributed by atoms with Gasteiger partial charge in [-0.15, -0.1) is 0 Å². The molecule has 0 aliphatic carbocycles. The highest BCUT2D eigenvalue weighted by Gasteiger charge is 2.32. The second-order valence-corrected chi connectivity index (χ2v) is 4.26. The van der Waals surface area contributed by atoms with E-state index in [2.05, 4.69) is 5.32 Å². The molecule has 1 amide bonds. The molecule has 1 aliphatic heterocycles. The molecule has 6 heteroatoms. The van der Waals surface area contributed by atoms with Crippen molar-refractivity contribution in [2.45, 2.75) is 25.9 Å². The largest absolute Gasteiger partial charge is 0.478 e. The molecule has 1 heterocycles. The van der Waals surface area contributed by atoms with E-state index >= 15 is 0 Å². The van der Waals surface area contributed by atoms with E-state index < -0.39 is 17.5 Å². The van der Waals surface area contributed by atoms with Crippen molar-refractivity contribution >= 4 is 11.9 Å². The SMILES string of the molecule is CC(C(=O)O)=C(C)C(=O)NCC1(O)CCOC1. The van der Waals surface area contributed by atoms with Crippen LogP contribution in [0.4, 0.5) is 0 Å². The fraction of sp³-hybridized carbons (Fsp3) is 0.636. The van der Waals surface area contributed by atoms with Crippen LogP contribution < -0.4 is 5.32 Å². The van der Waals surface area contributed by atoms with Crippen molar-refractivity contribution in [3.63, 3.8) is 0 Å². The smallest absolute Gasteiger partial charge is 0.331 e. The van der Waals surface area contributed by atoms with E-state index in [0.717, 1.165) is 0 Å². The Labute approximate surface area is 99.3 Å². The lowest BCUT2D eigenvalue weighted by molar-refractivity contribution is -0.133. The molecule has 0 bridgehead atoms. The summed E-state index contributed by atoms with van der Waals surface area (Å²) in [5.74, 6) is -1.61. The summed E-state index contributed by atoms with van der Waals surface area (Å²) in [6.45, 7) is 3.53. The Balaban J connectivity index is 2.55. The average molecular weight is 243 g/mol. The number of hydrogen-bond donors (Lipinski definition) is 3. The number of amides is 1. The van der Waals surface area contributed by atoms with Crippen LogP contribution in [0.25, 0.3) is 0 Å². The van der Waals surface area contributed by atoms with Gasteiger partial charge >= 0.3 is 5.97 Å². The summed E-state index contributed by atoms with van der Waals surface area (Å²) in [7, 11) is 0. The predicted octanol–water partition coefficient (Wildman–Crippen LogP) is -0.325. The van der Waals surface area contributed by atoms with E-state index in [4.69, 9.17) is 9.84 Å². The number of nitrogens with one attached hydrogen (secondary N) is 1. The number of carbonyl (C=O) groups excluding carboxylic acids is 1. The molecule has 0 aromatic carbocycles. The highest BCUT2D eigenvalue weighted by atomic mass is 16.5. The first-order chi connectivity index (χ1) is 7.86. The van der Waals surface area contributed by atoms with Gasteiger partial charge in [-0.3, -0.25) is 4.79 Å². The first-order valence-electron chi connectivity index (χ1n) is 5.35. The van der Waals surface area contributed by atoms with E-state index in [-0.39, 0.29) is 24.3 Å². The van der Waals surface area contributed by atoms with E-state index in [1.54, 1.807) is 0 Å². The lowest BCUT2D eigenvalue weighted by Crippen LogP contribution is -2.43. The minimum absolute atomic E-state index is 0.00263. The minimum Gasteiger partial charge on any atom is -0.478 e. The number of hydrogen-bond acceptors (Lipinski definition) is 4. The summed E-state index contributed by atoms with van der Waals surface area (Å²) in [5, 5.41) is 21.1. The van der Waals surface area contributed by atoms with Crippen LogP contribution in [0.2, 0.25) is 0 Å². The number of carbonyl (C=O) groups is 2.